The van der Waals surface area contributed by atoms with E-state index in [4.69, 9.17) is 44.0 Å². The highest BCUT2D eigenvalue weighted by molar-refractivity contribution is 8.15. The van der Waals surface area contributed by atoms with Crippen molar-refractivity contribution in [1.29, 1.82) is 0 Å². The maximum absolute atomic E-state index is 13.4. The lowest BCUT2D eigenvalue weighted by Crippen LogP contribution is -2.71. The Bertz CT molecular complexity index is 764. The summed E-state index contributed by atoms with van der Waals surface area (Å²) in [5, 5.41) is -0.271. The number of allylic oxidation sites excluding steroid dienone is 1. The molecule has 1 saturated heterocycles. The molecule has 1 fully saturated rings. The van der Waals surface area contributed by atoms with E-state index in [0.29, 0.717) is 5.57 Å². The molecule has 0 bridgehead atoms. The van der Waals surface area contributed by atoms with E-state index in [1.165, 1.54) is 11.8 Å². The van der Waals surface area contributed by atoms with Crippen LogP contribution < -0.4 is 0 Å². The van der Waals surface area contributed by atoms with Crippen LogP contribution in [-0.4, -0.2) is 58.0 Å². The number of esters is 1. The second-order valence-electron chi connectivity index (χ2n) is 9.33. The molecule has 31 heavy (non-hydrogen) atoms. The molecule has 1 unspecified atom stereocenters. The lowest BCUT2D eigenvalue weighted by Gasteiger charge is -2.53. The monoisotopic (exact) mass is 531 g/mol. The maximum Gasteiger partial charge on any atom is 0.356 e. The Morgan fingerprint density at radius 3 is 2.03 bits per heavy atom. The predicted molar refractivity (Wildman–Crippen MR) is 130 cm³/mol. The van der Waals surface area contributed by atoms with E-state index in [0.717, 1.165) is 11.8 Å². The summed E-state index contributed by atoms with van der Waals surface area (Å²) in [5.74, 6) is -1.19. The summed E-state index contributed by atoms with van der Waals surface area (Å²) in [7, 11) is -2.21. The summed E-state index contributed by atoms with van der Waals surface area (Å²) >= 11 is 18.1. The van der Waals surface area contributed by atoms with Gasteiger partial charge in [-0.15, -0.1) is 0 Å². The molecule has 1 rings (SSSR count). The van der Waals surface area contributed by atoms with Gasteiger partial charge in [0.1, 0.15) is 10.4 Å². The molecular formula is C20H32Cl3NO5SSi. The molecule has 0 saturated carbocycles. The largest absolute Gasteiger partial charge is 0.438 e. The Labute approximate surface area is 205 Å². The van der Waals surface area contributed by atoms with Gasteiger partial charge in [-0.2, -0.15) is 0 Å². The van der Waals surface area contributed by atoms with Crippen molar-refractivity contribution >= 4 is 71.9 Å². The molecule has 0 spiro atoms. The highest BCUT2D eigenvalue weighted by Gasteiger charge is 2.61. The first-order valence-electron chi connectivity index (χ1n) is 9.87. The van der Waals surface area contributed by atoms with Gasteiger partial charge in [0.25, 0.3) is 0 Å². The van der Waals surface area contributed by atoms with E-state index in [9.17, 15) is 14.4 Å². The molecule has 0 aromatic heterocycles. The second-order valence-corrected chi connectivity index (χ2v) is 17.2. The number of carbonyl (C=O) groups excluding carboxylic acids is 3. The van der Waals surface area contributed by atoms with E-state index >= 15 is 0 Å². The molecular weight excluding hydrogens is 501 g/mol. The molecule has 1 aliphatic heterocycles. The number of likely N-dealkylation sites (tertiary alicyclic amines) is 1. The zero-order valence-corrected chi connectivity index (χ0v) is 23.6. The molecule has 0 aliphatic carbocycles. The zero-order valence-electron chi connectivity index (χ0n) is 19.5. The van der Waals surface area contributed by atoms with Crippen molar-refractivity contribution in [3.63, 3.8) is 0 Å². The third-order valence-electron chi connectivity index (χ3n) is 5.61. The molecule has 178 valence electrons. The lowest BCUT2D eigenvalue weighted by molar-refractivity contribution is -0.154. The highest BCUT2D eigenvalue weighted by Crippen LogP contribution is 2.47. The number of amides is 1. The van der Waals surface area contributed by atoms with Gasteiger partial charge in [0.05, 0.1) is 12.6 Å². The van der Waals surface area contributed by atoms with Crippen molar-refractivity contribution in [2.45, 2.75) is 87.8 Å². The van der Waals surface area contributed by atoms with Gasteiger partial charge in [0.2, 0.25) is 11.5 Å². The van der Waals surface area contributed by atoms with Crippen LogP contribution in [0.15, 0.2) is 11.3 Å². The number of rotatable bonds is 8. The number of hydrogen-bond acceptors (Lipinski definition) is 6. The van der Waals surface area contributed by atoms with Gasteiger partial charge in [0.15, 0.2) is 18.3 Å². The van der Waals surface area contributed by atoms with Crippen LogP contribution in [0.25, 0.3) is 0 Å². The van der Waals surface area contributed by atoms with Crippen LogP contribution in [0.5, 0.6) is 0 Å². The molecule has 1 heterocycles. The Hall–Kier alpha value is -0.253. The minimum absolute atomic E-state index is 0.0592. The summed E-state index contributed by atoms with van der Waals surface area (Å²) < 4.78 is 10.4. The van der Waals surface area contributed by atoms with Crippen LogP contribution >= 0.6 is 46.6 Å². The molecule has 11 heteroatoms. The summed E-state index contributed by atoms with van der Waals surface area (Å²) in [6.45, 7) is 17.2. The van der Waals surface area contributed by atoms with Crippen molar-refractivity contribution in [3.05, 3.63) is 11.3 Å². The van der Waals surface area contributed by atoms with Gasteiger partial charge in [-0.3, -0.25) is 9.59 Å². The van der Waals surface area contributed by atoms with E-state index in [1.807, 2.05) is 6.92 Å². The Balaban J connectivity index is 3.22. The first-order valence-corrected chi connectivity index (χ1v) is 14.9. The average molecular weight is 533 g/mol. The first-order chi connectivity index (χ1) is 13.9. The third kappa shape index (κ3) is 6.42. The fourth-order valence-electron chi connectivity index (χ4n) is 2.92. The van der Waals surface area contributed by atoms with E-state index in [2.05, 4.69) is 33.9 Å². The SMILES string of the molecule is CC(=O)S[C@]1([C@@H](C)O[Si](C)(C)C(C)(C)C)CN(C(C(=O)OC(Cl)C(Cl)Cl)=C(C)C)C1=O. The number of β-lactam (4-membered cyclic amide) rings is 1. The quantitative estimate of drug-likeness (QED) is 0.136. The van der Waals surface area contributed by atoms with Gasteiger partial charge in [-0.05, 0) is 44.5 Å². The number of ether oxygens (including phenoxy) is 1. The van der Waals surface area contributed by atoms with Gasteiger partial charge < -0.3 is 14.1 Å². The van der Waals surface area contributed by atoms with Crippen LogP contribution in [0.2, 0.25) is 18.1 Å². The zero-order chi connectivity index (χ0) is 24.5. The minimum atomic E-state index is -2.21. The lowest BCUT2D eigenvalue weighted by atomic mass is 9.90. The molecule has 0 radical (unpaired) electrons. The number of nitrogens with zero attached hydrogens (tertiary/aromatic N) is 1. The van der Waals surface area contributed by atoms with Crippen LogP contribution in [0.4, 0.5) is 0 Å². The van der Waals surface area contributed by atoms with Gasteiger partial charge in [-0.25, -0.2) is 4.79 Å². The van der Waals surface area contributed by atoms with Gasteiger partial charge >= 0.3 is 5.97 Å². The average Bonchev–Trinajstić information content (AvgIpc) is 2.57. The number of hydrogen-bond donors (Lipinski definition) is 0. The van der Waals surface area contributed by atoms with Gasteiger partial charge in [0, 0.05) is 6.92 Å². The standard InChI is InChI=1S/C20H32Cl3NO5SSi/c1-11(2)14(17(26)28-16(23)15(21)22)24-10-20(18(24)27,30-13(4)25)12(3)29-31(8,9)19(5,6)7/h12,15-16H,10H2,1-9H3/t12-,16?,20+/m1/s1. The van der Waals surface area contributed by atoms with E-state index in [-0.39, 0.29) is 28.3 Å². The smallest absolute Gasteiger partial charge is 0.356 e. The van der Waals surface area contributed by atoms with Crippen LogP contribution in [0, 0.1) is 0 Å². The minimum Gasteiger partial charge on any atom is -0.438 e. The van der Waals surface area contributed by atoms with E-state index in [1.54, 1.807) is 13.8 Å². The first kappa shape index (κ1) is 28.8. The normalized spacial score (nSPS) is 21.5. The molecule has 0 N–H and O–H groups in total. The highest BCUT2D eigenvalue weighted by atomic mass is 35.5. The van der Waals surface area contributed by atoms with Gasteiger partial charge in [-0.1, -0.05) is 67.3 Å². The summed E-state index contributed by atoms with van der Waals surface area (Å²) in [6.07, 6.45) is -0.531. The maximum atomic E-state index is 13.4. The fraction of sp³-hybridized carbons (Fsp3) is 0.750. The molecule has 0 aromatic carbocycles. The second kappa shape index (κ2) is 10.3. The summed E-state index contributed by atoms with van der Waals surface area (Å²) in [4.78, 5) is 38.3. The van der Waals surface area contributed by atoms with Crippen LogP contribution in [0.1, 0.15) is 48.5 Å². The van der Waals surface area contributed by atoms with Crippen LogP contribution in [-0.2, 0) is 23.5 Å². The predicted octanol–water partition coefficient (Wildman–Crippen LogP) is 5.46. The van der Waals surface area contributed by atoms with Crippen molar-refractivity contribution in [2.24, 2.45) is 0 Å². The third-order valence-corrected chi connectivity index (χ3v) is 12.5. The molecule has 1 amide bonds. The summed E-state index contributed by atoms with van der Waals surface area (Å²) in [5.41, 5.74) is -0.648. The Morgan fingerprint density at radius 1 is 1.16 bits per heavy atom. The van der Waals surface area contributed by atoms with Crippen molar-refractivity contribution in [3.8, 4) is 0 Å². The number of halogens is 3. The Kier molecular flexibility index (Phi) is 9.60. The number of thioether (sulfide) groups is 1. The summed E-state index contributed by atoms with van der Waals surface area (Å²) in [6, 6.07) is 0. The van der Waals surface area contributed by atoms with Crippen LogP contribution in [0.3, 0.4) is 0 Å². The molecule has 0 aromatic rings. The van der Waals surface area contributed by atoms with E-state index < -0.39 is 35.5 Å². The van der Waals surface area contributed by atoms with Crippen molar-refractivity contribution in [2.75, 3.05) is 6.54 Å². The number of alkyl halides is 3. The Morgan fingerprint density at radius 2 is 1.68 bits per heavy atom. The topological polar surface area (TPSA) is 72.9 Å². The molecule has 6 nitrogen and oxygen atoms in total. The molecule has 3 atom stereocenters. The number of carbonyl (C=O) groups is 3. The molecule has 1 aliphatic rings. The van der Waals surface area contributed by atoms with Crippen molar-refractivity contribution in [1.82, 2.24) is 4.90 Å². The fourth-order valence-corrected chi connectivity index (χ4v) is 5.74. The van der Waals surface area contributed by atoms with Crippen molar-refractivity contribution < 1.29 is 23.5 Å².